The Morgan fingerprint density at radius 3 is 2.88 bits per heavy atom. The van der Waals surface area contributed by atoms with E-state index in [0.717, 1.165) is 18.3 Å². The highest BCUT2D eigenvalue weighted by Crippen LogP contribution is 2.12. The van der Waals surface area contributed by atoms with Gasteiger partial charge in [0.2, 0.25) is 0 Å². The molecule has 0 saturated carbocycles. The Morgan fingerprint density at radius 1 is 1.44 bits per heavy atom. The molecule has 2 N–H and O–H groups in total. The first-order valence-electron chi connectivity index (χ1n) is 5.40. The lowest BCUT2D eigenvalue weighted by molar-refractivity contribution is 0.340. The Balaban J connectivity index is 2.56. The SMILES string of the molecule is CCOc1cccc(CNC(=NC)NC)c1. The summed E-state index contributed by atoms with van der Waals surface area (Å²) < 4.78 is 5.43. The average Bonchev–Trinajstić information content (AvgIpc) is 2.31. The molecule has 1 rings (SSSR count). The molecule has 1 aromatic carbocycles. The lowest BCUT2D eigenvalue weighted by Gasteiger charge is -2.09. The largest absolute Gasteiger partial charge is 0.494 e. The molecule has 1 aromatic rings. The number of aliphatic imine (C=N–C) groups is 1. The summed E-state index contributed by atoms with van der Waals surface area (Å²) in [6.45, 7) is 3.40. The van der Waals surface area contributed by atoms with E-state index in [4.69, 9.17) is 4.74 Å². The van der Waals surface area contributed by atoms with E-state index < -0.39 is 0 Å². The Morgan fingerprint density at radius 2 is 2.25 bits per heavy atom. The highest BCUT2D eigenvalue weighted by atomic mass is 16.5. The van der Waals surface area contributed by atoms with Crippen LogP contribution >= 0.6 is 0 Å². The maximum Gasteiger partial charge on any atom is 0.190 e. The second kappa shape index (κ2) is 6.71. The van der Waals surface area contributed by atoms with Crippen LogP contribution in [-0.4, -0.2) is 26.7 Å². The smallest absolute Gasteiger partial charge is 0.190 e. The van der Waals surface area contributed by atoms with E-state index in [9.17, 15) is 0 Å². The molecule has 0 aliphatic rings. The summed E-state index contributed by atoms with van der Waals surface area (Å²) in [5.41, 5.74) is 1.17. The van der Waals surface area contributed by atoms with Gasteiger partial charge in [0.1, 0.15) is 5.75 Å². The van der Waals surface area contributed by atoms with Crippen molar-refractivity contribution >= 4 is 5.96 Å². The second-order valence-electron chi connectivity index (χ2n) is 3.26. The highest BCUT2D eigenvalue weighted by Gasteiger charge is 1.97. The summed E-state index contributed by atoms with van der Waals surface area (Å²) >= 11 is 0. The van der Waals surface area contributed by atoms with Gasteiger partial charge in [0.15, 0.2) is 5.96 Å². The number of hydrogen-bond acceptors (Lipinski definition) is 2. The van der Waals surface area contributed by atoms with Crippen LogP contribution in [0.4, 0.5) is 0 Å². The van der Waals surface area contributed by atoms with E-state index in [1.807, 2.05) is 32.2 Å². The average molecular weight is 221 g/mol. The van der Waals surface area contributed by atoms with Crippen LogP contribution in [0.15, 0.2) is 29.3 Å². The Hall–Kier alpha value is -1.71. The Labute approximate surface area is 96.7 Å². The number of nitrogens with one attached hydrogen (secondary N) is 2. The van der Waals surface area contributed by atoms with Gasteiger partial charge in [-0.15, -0.1) is 0 Å². The molecule has 4 heteroatoms. The van der Waals surface area contributed by atoms with Gasteiger partial charge < -0.3 is 15.4 Å². The number of hydrogen-bond donors (Lipinski definition) is 2. The summed E-state index contributed by atoms with van der Waals surface area (Å²) in [7, 11) is 3.58. The fourth-order valence-electron chi connectivity index (χ4n) is 1.38. The van der Waals surface area contributed by atoms with Gasteiger partial charge in [0.05, 0.1) is 6.61 Å². The molecule has 0 aliphatic heterocycles. The van der Waals surface area contributed by atoms with Crippen LogP contribution < -0.4 is 15.4 Å². The molecular weight excluding hydrogens is 202 g/mol. The minimum absolute atomic E-state index is 0.690. The number of benzene rings is 1. The summed E-state index contributed by atoms with van der Waals surface area (Å²) in [4.78, 5) is 4.04. The third-order valence-electron chi connectivity index (χ3n) is 2.13. The molecule has 0 amide bonds. The molecule has 0 atom stereocenters. The van der Waals surface area contributed by atoms with E-state index in [0.29, 0.717) is 6.61 Å². The first-order chi connectivity index (χ1) is 7.80. The van der Waals surface area contributed by atoms with Crippen molar-refractivity contribution in [2.75, 3.05) is 20.7 Å². The van der Waals surface area contributed by atoms with Crippen molar-refractivity contribution < 1.29 is 4.74 Å². The molecule has 0 bridgehead atoms. The van der Waals surface area contributed by atoms with Crippen LogP contribution in [-0.2, 0) is 6.54 Å². The summed E-state index contributed by atoms with van der Waals surface area (Å²) in [6, 6.07) is 8.03. The van der Waals surface area contributed by atoms with E-state index >= 15 is 0 Å². The minimum Gasteiger partial charge on any atom is -0.494 e. The molecule has 0 radical (unpaired) electrons. The predicted octanol–water partition coefficient (Wildman–Crippen LogP) is 1.38. The zero-order valence-corrected chi connectivity index (χ0v) is 10.1. The van der Waals surface area contributed by atoms with E-state index in [-0.39, 0.29) is 0 Å². The maximum atomic E-state index is 5.43. The topological polar surface area (TPSA) is 45.6 Å². The molecule has 0 heterocycles. The number of guanidine groups is 1. The summed E-state index contributed by atoms with van der Waals surface area (Å²) in [5, 5.41) is 6.16. The second-order valence-corrected chi connectivity index (χ2v) is 3.26. The van der Waals surface area contributed by atoms with Gasteiger partial charge in [0.25, 0.3) is 0 Å². The first-order valence-corrected chi connectivity index (χ1v) is 5.40. The molecule has 16 heavy (non-hydrogen) atoms. The standard InChI is InChI=1S/C12H19N3O/c1-4-16-11-7-5-6-10(8-11)9-15-12(13-2)14-3/h5-8H,4,9H2,1-3H3,(H2,13,14,15). The van der Waals surface area contributed by atoms with Crippen LogP contribution in [0, 0.1) is 0 Å². The zero-order chi connectivity index (χ0) is 11.8. The molecule has 4 nitrogen and oxygen atoms in total. The van der Waals surface area contributed by atoms with Crippen molar-refractivity contribution in [2.45, 2.75) is 13.5 Å². The van der Waals surface area contributed by atoms with Gasteiger partial charge in [-0.25, -0.2) is 0 Å². The van der Waals surface area contributed by atoms with E-state index in [2.05, 4.69) is 21.7 Å². The van der Waals surface area contributed by atoms with Crippen molar-refractivity contribution in [1.82, 2.24) is 10.6 Å². The minimum atomic E-state index is 0.690. The molecule has 0 aromatic heterocycles. The monoisotopic (exact) mass is 221 g/mol. The lowest BCUT2D eigenvalue weighted by Crippen LogP contribution is -2.34. The fraction of sp³-hybridized carbons (Fsp3) is 0.417. The van der Waals surface area contributed by atoms with Gasteiger partial charge in [-0.2, -0.15) is 0 Å². The van der Waals surface area contributed by atoms with Gasteiger partial charge in [0, 0.05) is 20.6 Å². The van der Waals surface area contributed by atoms with Gasteiger partial charge in [-0.1, -0.05) is 12.1 Å². The van der Waals surface area contributed by atoms with Crippen molar-refractivity contribution in [2.24, 2.45) is 4.99 Å². The number of nitrogens with zero attached hydrogens (tertiary/aromatic N) is 1. The quantitative estimate of drug-likeness (QED) is 0.596. The van der Waals surface area contributed by atoms with Crippen molar-refractivity contribution in [1.29, 1.82) is 0 Å². The van der Waals surface area contributed by atoms with E-state index in [1.54, 1.807) is 7.05 Å². The van der Waals surface area contributed by atoms with Gasteiger partial charge in [-0.05, 0) is 24.6 Å². The molecule has 0 fully saturated rings. The van der Waals surface area contributed by atoms with Crippen molar-refractivity contribution in [3.63, 3.8) is 0 Å². The normalized spacial score (nSPS) is 11.1. The van der Waals surface area contributed by atoms with Crippen LogP contribution in [0.2, 0.25) is 0 Å². The molecule has 88 valence electrons. The summed E-state index contributed by atoms with van der Waals surface area (Å²) in [6.07, 6.45) is 0. The number of rotatable bonds is 4. The third kappa shape index (κ3) is 3.81. The fourth-order valence-corrected chi connectivity index (χ4v) is 1.38. The maximum absolute atomic E-state index is 5.43. The molecular formula is C12H19N3O. The van der Waals surface area contributed by atoms with Crippen molar-refractivity contribution in [3.05, 3.63) is 29.8 Å². The van der Waals surface area contributed by atoms with Crippen LogP contribution in [0.3, 0.4) is 0 Å². The highest BCUT2D eigenvalue weighted by molar-refractivity contribution is 5.79. The summed E-state index contributed by atoms with van der Waals surface area (Å²) in [5.74, 6) is 1.68. The van der Waals surface area contributed by atoms with Crippen LogP contribution in [0.1, 0.15) is 12.5 Å². The van der Waals surface area contributed by atoms with Gasteiger partial charge in [-0.3, -0.25) is 4.99 Å². The number of ether oxygens (including phenoxy) is 1. The zero-order valence-electron chi connectivity index (χ0n) is 10.1. The van der Waals surface area contributed by atoms with Gasteiger partial charge >= 0.3 is 0 Å². The first kappa shape index (κ1) is 12.4. The Kier molecular flexibility index (Phi) is 5.19. The molecule has 0 unspecified atom stereocenters. The van der Waals surface area contributed by atoms with Crippen molar-refractivity contribution in [3.8, 4) is 5.75 Å². The molecule has 0 saturated heterocycles. The van der Waals surface area contributed by atoms with E-state index in [1.165, 1.54) is 5.56 Å². The molecule has 0 spiro atoms. The predicted molar refractivity (Wildman–Crippen MR) is 66.9 cm³/mol. The lowest BCUT2D eigenvalue weighted by atomic mass is 10.2. The Bertz CT molecular complexity index is 350. The van der Waals surface area contributed by atoms with Crippen LogP contribution in [0.5, 0.6) is 5.75 Å². The van der Waals surface area contributed by atoms with Crippen LogP contribution in [0.25, 0.3) is 0 Å². The third-order valence-corrected chi connectivity index (χ3v) is 2.13. The molecule has 0 aliphatic carbocycles.